The molecule has 4 atom stereocenters. The lowest BCUT2D eigenvalue weighted by Crippen LogP contribution is -2.64. The molecule has 0 N–H and O–H groups in total. The van der Waals surface area contributed by atoms with Gasteiger partial charge in [0.25, 0.3) is 0 Å². The summed E-state index contributed by atoms with van der Waals surface area (Å²) in [5.74, 6) is 2.54. The number of ether oxygens (including phenoxy) is 2. The van der Waals surface area contributed by atoms with Gasteiger partial charge in [-0.1, -0.05) is 18.7 Å². The van der Waals surface area contributed by atoms with Crippen molar-refractivity contribution < 1.29 is 9.47 Å². The normalized spacial score (nSPS) is 36.0. The molecule has 126 valence electrons. The maximum Gasteiger partial charge on any atom is 0.166 e. The van der Waals surface area contributed by atoms with E-state index in [0.717, 1.165) is 43.9 Å². The number of nitrogens with zero attached hydrogens (tertiary/aromatic N) is 1. The summed E-state index contributed by atoms with van der Waals surface area (Å²) in [6.45, 7) is 10.5. The van der Waals surface area contributed by atoms with Crippen molar-refractivity contribution >= 4 is 0 Å². The zero-order valence-corrected chi connectivity index (χ0v) is 14.4. The summed E-state index contributed by atoms with van der Waals surface area (Å²) in [7, 11) is 1.74. The quantitative estimate of drug-likeness (QED) is 0.795. The second-order valence-electron chi connectivity index (χ2n) is 7.78. The Balaban J connectivity index is 1.74. The minimum atomic E-state index is 0.120. The largest absolute Gasteiger partial charge is 0.493 e. The first kappa shape index (κ1) is 14.6. The van der Waals surface area contributed by atoms with Gasteiger partial charge in [-0.25, -0.2) is 0 Å². The molecule has 1 saturated carbocycles. The van der Waals surface area contributed by atoms with E-state index in [1.54, 1.807) is 7.11 Å². The van der Waals surface area contributed by atoms with Gasteiger partial charge in [0, 0.05) is 23.6 Å². The molecule has 3 heteroatoms. The number of rotatable bonds is 3. The maximum atomic E-state index is 6.54. The third kappa shape index (κ3) is 1.57. The van der Waals surface area contributed by atoms with Gasteiger partial charge >= 0.3 is 0 Å². The molecule has 24 heavy (non-hydrogen) atoms. The van der Waals surface area contributed by atoms with Gasteiger partial charge in [-0.2, -0.15) is 0 Å². The predicted molar refractivity (Wildman–Crippen MR) is 94.8 cm³/mol. The van der Waals surface area contributed by atoms with Crippen LogP contribution in [0.4, 0.5) is 0 Å². The Bertz CT molecular complexity index is 740. The molecule has 0 radical (unpaired) electrons. The van der Waals surface area contributed by atoms with E-state index in [0.29, 0.717) is 12.0 Å². The summed E-state index contributed by atoms with van der Waals surface area (Å²) in [4.78, 5) is 2.64. The minimum Gasteiger partial charge on any atom is -0.493 e. The molecule has 4 aliphatic rings. The molecule has 2 fully saturated rings. The van der Waals surface area contributed by atoms with E-state index in [-0.39, 0.29) is 11.5 Å². The van der Waals surface area contributed by atoms with Crippen LogP contribution < -0.4 is 9.47 Å². The van der Waals surface area contributed by atoms with Gasteiger partial charge in [-0.3, -0.25) is 4.90 Å². The summed E-state index contributed by atoms with van der Waals surface area (Å²) < 4.78 is 12.2. The molecule has 0 amide bonds. The molecular formula is C21H25NO2. The molecule has 2 heterocycles. The molecule has 2 aliphatic carbocycles. The van der Waals surface area contributed by atoms with Crippen molar-refractivity contribution in [3.8, 4) is 11.5 Å². The Kier molecular flexibility index (Phi) is 2.97. The Hall–Kier alpha value is -1.74. The van der Waals surface area contributed by atoms with Crippen molar-refractivity contribution in [2.24, 2.45) is 5.92 Å². The molecule has 2 bridgehead atoms. The van der Waals surface area contributed by atoms with Crippen LogP contribution in [0, 0.1) is 5.92 Å². The number of likely N-dealkylation sites (tertiary alicyclic amines) is 1. The number of hydrogen-bond acceptors (Lipinski definition) is 3. The van der Waals surface area contributed by atoms with Crippen molar-refractivity contribution in [2.45, 2.75) is 43.2 Å². The maximum absolute atomic E-state index is 6.54. The van der Waals surface area contributed by atoms with Gasteiger partial charge in [0.1, 0.15) is 6.10 Å². The Labute approximate surface area is 143 Å². The van der Waals surface area contributed by atoms with Gasteiger partial charge in [0.05, 0.1) is 7.11 Å². The van der Waals surface area contributed by atoms with E-state index in [4.69, 9.17) is 9.47 Å². The SMILES string of the molecule is C=CCN1CC[C@@]23c4c5ccc(OC)c4O[C@@H]2C(=C)CCC3C1C5. The third-order valence-electron chi connectivity index (χ3n) is 6.94. The Morgan fingerprint density at radius 1 is 1.46 bits per heavy atom. The van der Waals surface area contributed by atoms with E-state index in [1.807, 2.05) is 0 Å². The molecule has 2 unspecified atom stereocenters. The van der Waals surface area contributed by atoms with E-state index in [2.05, 4.69) is 36.3 Å². The first-order chi connectivity index (χ1) is 11.7. The zero-order valence-electron chi connectivity index (χ0n) is 14.4. The lowest BCUT2D eigenvalue weighted by Gasteiger charge is -2.58. The van der Waals surface area contributed by atoms with Crippen LogP contribution in [-0.4, -0.2) is 37.2 Å². The van der Waals surface area contributed by atoms with Crippen molar-refractivity contribution in [1.82, 2.24) is 4.90 Å². The van der Waals surface area contributed by atoms with Crippen LogP contribution in [0.2, 0.25) is 0 Å². The van der Waals surface area contributed by atoms with Crippen molar-refractivity contribution in [2.75, 3.05) is 20.2 Å². The fourth-order valence-corrected chi connectivity index (χ4v) is 6.09. The third-order valence-corrected chi connectivity index (χ3v) is 6.94. The van der Waals surface area contributed by atoms with Gasteiger partial charge in [-0.05, 0) is 55.3 Å². The minimum absolute atomic E-state index is 0.120. The van der Waals surface area contributed by atoms with Crippen LogP contribution in [0.25, 0.3) is 0 Å². The van der Waals surface area contributed by atoms with E-state index in [1.165, 1.54) is 23.1 Å². The van der Waals surface area contributed by atoms with E-state index in [9.17, 15) is 0 Å². The van der Waals surface area contributed by atoms with Crippen LogP contribution in [0.5, 0.6) is 11.5 Å². The number of benzene rings is 1. The molecule has 0 aromatic heterocycles. The highest BCUT2D eigenvalue weighted by atomic mass is 16.5. The summed E-state index contributed by atoms with van der Waals surface area (Å²) in [6, 6.07) is 4.95. The summed E-state index contributed by atoms with van der Waals surface area (Å²) in [5, 5.41) is 0. The molecule has 5 rings (SSSR count). The highest BCUT2D eigenvalue weighted by molar-refractivity contribution is 5.62. The fraction of sp³-hybridized carbons (Fsp3) is 0.524. The van der Waals surface area contributed by atoms with Gasteiger partial charge < -0.3 is 9.47 Å². The topological polar surface area (TPSA) is 21.7 Å². The highest BCUT2D eigenvalue weighted by Crippen LogP contribution is 2.64. The van der Waals surface area contributed by atoms with Crippen LogP contribution in [0.1, 0.15) is 30.4 Å². The second kappa shape index (κ2) is 4.89. The second-order valence-corrected chi connectivity index (χ2v) is 7.78. The molecule has 2 aliphatic heterocycles. The average Bonchev–Trinajstić information content (AvgIpc) is 2.94. The van der Waals surface area contributed by atoms with Crippen LogP contribution in [0.15, 0.2) is 36.9 Å². The van der Waals surface area contributed by atoms with Crippen molar-refractivity contribution in [1.29, 1.82) is 0 Å². The number of piperidine rings is 1. The highest BCUT2D eigenvalue weighted by Gasteiger charge is 2.64. The number of methoxy groups -OCH3 is 1. The molecule has 1 aromatic carbocycles. The predicted octanol–water partition coefficient (Wildman–Crippen LogP) is 3.48. The van der Waals surface area contributed by atoms with E-state index < -0.39 is 0 Å². The molecule has 1 saturated heterocycles. The Morgan fingerprint density at radius 3 is 3.12 bits per heavy atom. The van der Waals surface area contributed by atoms with Crippen LogP contribution in [-0.2, 0) is 11.8 Å². The smallest absolute Gasteiger partial charge is 0.166 e. The molecule has 1 spiro atoms. The first-order valence-corrected chi connectivity index (χ1v) is 9.10. The summed E-state index contributed by atoms with van der Waals surface area (Å²) in [6.07, 6.45) is 6.77. The van der Waals surface area contributed by atoms with Gasteiger partial charge in [0.15, 0.2) is 11.5 Å². The standard InChI is InChI=1S/C21H25NO2/c1-4-10-22-11-9-21-15-7-5-13(2)20(21)24-19-17(23-3)8-6-14(18(19)21)12-16(15)22/h4,6,8,15-16,20H,1-2,5,7,9-12H2,3H3/t15?,16?,20-,21-/m1/s1. The molecule has 3 nitrogen and oxygen atoms in total. The average molecular weight is 323 g/mol. The lowest BCUT2D eigenvalue weighted by atomic mass is 9.51. The van der Waals surface area contributed by atoms with E-state index >= 15 is 0 Å². The van der Waals surface area contributed by atoms with Crippen LogP contribution >= 0.6 is 0 Å². The lowest BCUT2D eigenvalue weighted by molar-refractivity contribution is -0.0275. The zero-order chi connectivity index (χ0) is 16.5. The number of hydrogen-bond donors (Lipinski definition) is 0. The van der Waals surface area contributed by atoms with Crippen LogP contribution in [0.3, 0.4) is 0 Å². The Morgan fingerprint density at radius 2 is 2.33 bits per heavy atom. The summed E-state index contributed by atoms with van der Waals surface area (Å²) >= 11 is 0. The van der Waals surface area contributed by atoms with Gasteiger partial charge in [-0.15, -0.1) is 6.58 Å². The summed E-state index contributed by atoms with van der Waals surface area (Å²) in [5.41, 5.74) is 4.30. The van der Waals surface area contributed by atoms with Gasteiger partial charge in [0.2, 0.25) is 0 Å². The fourth-order valence-electron chi connectivity index (χ4n) is 6.09. The first-order valence-electron chi connectivity index (χ1n) is 9.10. The molecule has 1 aromatic rings. The van der Waals surface area contributed by atoms with Crippen molar-refractivity contribution in [3.05, 3.63) is 48.1 Å². The van der Waals surface area contributed by atoms with Crippen molar-refractivity contribution in [3.63, 3.8) is 0 Å². The molecular weight excluding hydrogens is 298 g/mol. The monoisotopic (exact) mass is 323 g/mol.